The monoisotopic (exact) mass is 154 g/mol. The zero-order valence-corrected chi connectivity index (χ0v) is 6.99. The molecule has 1 rings (SSSR count). The molecular formula is C8H14N2O. The fourth-order valence-corrected chi connectivity index (χ4v) is 1.03. The van der Waals surface area contributed by atoms with Crippen molar-refractivity contribution in [2.24, 2.45) is 7.05 Å². The topological polar surface area (TPSA) is 38.0 Å². The van der Waals surface area contributed by atoms with E-state index in [0.29, 0.717) is 0 Å². The van der Waals surface area contributed by atoms with Crippen LogP contribution in [0.25, 0.3) is 0 Å². The first-order valence-electron chi connectivity index (χ1n) is 3.91. The van der Waals surface area contributed by atoms with Gasteiger partial charge in [0.1, 0.15) is 0 Å². The summed E-state index contributed by atoms with van der Waals surface area (Å²) in [7, 11) is 1.85. The van der Waals surface area contributed by atoms with Crippen LogP contribution in [0, 0.1) is 0 Å². The van der Waals surface area contributed by atoms with E-state index in [-0.39, 0.29) is 6.10 Å². The molecule has 1 aromatic heterocycles. The van der Waals surface area contributed by atoms with Crippen molar-refractivity contribution in [3.05, 3.63) is 18.0 Å². The van der Waals surface area contributed by atoms with Gasteiger partial charge in [0, 0.05) is 13.2 Å². The largest absolute Gasteiger partial charge is 0.387 e. The summed E-state index contributed by atoms with van der Waals surface area (Å²) < 4.78 is 1.70. The molecule has 0 saturated heterocycles. The lowest BCUT2D eigenvalue weighted by Gasteiger charge is -2.03. The summed E-state index contributed by atoms with van der Waals surface area (Å²) in [5, 5.41) is 13.6. The lowest BCUT2D eigenvalue weighted by Crippen LogP contribution is -1.98. The van der Waals surface area contributed by atoms with Crippen molar-refractivity contribution in [1.29, 1.82) is 0 Å². The van der Waals surface area contributed by atoms with Gasteiger partial charge < -0.3 is 5.11 Å². The molecule has 0 spiro atoms. The van der Waals surface area contributed by atoms with E-state index in [2.05, 4.69) is 5.10 Å². The Labute approximate surface area is 66.7 Å². The van der Waals surface area contributed by atoms with E-state index < -0.39 is 0 Å². The number of rotatable bonds is 3. The Bertz CT molecular complexity index is 220. The molecule has 0 fully saturated rings. The average Bonchev–Trinajstić information content (AvgIpc) is 2.36. The fraction of sp³-hybridized carbons (Fsp3) is 0.625. The van der Waals surface area contributed by atoms with Gasteiger partial charge in [-0.05, 0) is 12.5 Å². The molecule has 0 unspecified atom stereocenters. The summed E-state index contributed by atoms with van der Waals surface area (Å²) in [6, 6.07) is 1.85. The summed E-state index contributed by atoms with van der Waals surface area (Å²) in [6.45, 7) is 2.05. The van der Waals surface area contributed by atoms with E-state index in [1.807, 2.05) is 26.2 Å². The Balaban J connectivity index is 2.60. The van der Waals surface area contributed by atoms with Crippen molar-refractivity contribution in [2.75, 3.05) is 0 Å². The predicted molar refractivity (Wildman–Crippen MR) is 43.1 cm³/mol. The SMILES string of the molecule is CCC[C@H](O)c1ccn(C)n1. The predicted octanol–water partition coefficient (Wildman–Crippen LogP) is 1.25. The van der Waals surface area contributed by atoms with Crippen LogP contribution >= 0.6 is 0 Å². The van der Waals surface area contributed by atoms with Crippen molar-refractivity contribution in [3.63, 3.8) is 0 Å². The highest BCUT2D eigenvalue weighted by molar-refractivity contribution is 5.02. The van der Waals surface area contributed by atoms with Crippen molar-refractivity contribution in [3.8, 4) is 0 Å². The third-order valence-electron chi connectivity index (χ3n) is 1.64. The van der Waals surface area contributed by atoms with Gasteiger partial charge in [0.25, 0.3) is 0 Å². The molecule has 1 atom stereocenters. The van der Waals surface area contributed by atoms with Crippen molar-refractivity contribution in [2.45, 2.75) is 25.9 Å². The highest BCUT2D eigenvalue weighted by atomic mass is 16.3. The molecule has 3 nitrogen and oxygen atoms in total. The van der Waals surface area contributed by atoms with E-state index in [4.69, 9.17) is 0 Å². The van der Waals surface area contributed by atoms with E-state index in [1.54, 1.807) is 4.68 Å². The van der Waals surface area contributed by atoms with E-state index in [1.165, 1.54) is 0 Å². The minimum absolute atomic E-state index is 0.388. The van der Waals surface area contributed by atoms with Crippen LogP contribution in [-0.2, 0) is 7.05 Å². The quantitative estimate of drug-likeness (QED) is 0.711. The van der Waals surface area contributed by atoms with Gasteiger partial charge in [-0.15, -0.1) is 0 Å². The second-order valence-corrected chi connectivity index (χ2v) is 2.72. The molecule has 1 heterocycles. The molecule has 1 N–H and O–H groups in total. The first-order valence-corrected chi connectivity index (χ1v) is 3.91. The summed E-state index contributed by atoms with van der Waals surface area (Å²) >= 11 is 0. The van der Waals surface area contributed by atoms with Gasteiger partial charge in [-0.1, -0.05) is 13.3 Å². The smallest absolute Gasteiger partial charge is 0.0978 e. The first kappa shape index (κ1) is 8.27. The lowest BCUT2D eigenvalue weighted by molar-refractivity contribution is 0.161. The average molecular weight is 154 g/mol. The molecule has 0 aromatic carbocycles. The Kier molecular flexibility index (Phi) is 2.65. The lowest BCUT2D eigenvalue weighted by atomic mass is 10.1. The van der Waals surface area contributed by atoms with Crippen molar-refractivity contribution in [1.82, 2.24) is 9.78 Å². The molecule has 0 bridgehead atoms. The molecular weight excluding hydrogens is 140 g/mol. The Morgan fingerprint density at radius 3 is 2.91 bits per heavy atom. The molecule has 11 heavy (non-hydrogen) atoms. The molecule has 0 aliphatic rings. The molecule has 0 saturated carbocycles. The summed E-state index contributed by atoms with van der Waals surface area (Å²) in [4.78, 5) is 0. The minimum atomic E-state index is -0.388. The maximum atomic E-state index is 9.46. The maximum absolute atomic E-state index is 9.46. The fourth-order valence-electron chi connectivity index (χ4n) is 1.03. The summed E-state index contributed by atoms with van der Waals surface area (Å²) in [5.41, 5.74) is 0.773. The van der Waals surface area contributed by atoms with Gasteiger partial charge in [0.05, 0.1) is 11.8 Å². The number of aryl methyl sites for hydroxylation is 1. The molecule has 0 aliphatic heterocycles. The molecule has 0 amide bonds. The molecule has 1 aromatic rings. The number of aromatic nitrogens is 2. The number of hydrogen-bond acceptors (Lipinski definition) is 2. The number of nitrogens with zero attached hydrogens (tertiary/aromatic N) is 2. The third-order valence-corrected chi connectivity index (χ3v) is 1.64. The van der Waals surface area contributed by atoms with Crippen LogP contribution < -0.4 is 0 Å². The van der Waals surface area contributed by atoms with Crippen molar-refractivity contribution < 1.29 is 5.11 Å². The van der Waals surface area contributed by atoms with Crippen LogP contribution in [0.15, 0.2) is 12.3 Å². The molecule has 0 radical (unpaired) electrons. The molecule has 62 valence electrons. The van der Waals surface area contributed by atoms with Crippen LogP contribution in [-0.4, -0.2) is 14.9 Å². The van der Waals surface area contributed by atoms with Crippen molar-refractivity contribution >= 4 is 0 Å². The maximum Gasteiger partial charge on any atom is 0.0978 e. The zero-order chi connectivity index (χ0) is 8.27. The third kappa shape index (κ3) is 2.05. The van der Waals surface area contributed by atoms with Crippen LogP contribution in [0.4, 0.5) is 0 Å². The Morgan fingerprint density at radius 1 is 1.73 bits per heavy atom. The van der Waals surface area contributed by atoms with Gasteiger partial charge in [-0.3, -0.25) is 4.68 Å². The normalized spacial score (nSPS) is 13.4. The molecule has 3 heteroatoms. The van der Waals surface area contributed by atoms with Gasteiger partial charge in [-0.25, -0.2) is 0 Å². The minimum Gasteiger partial charge on any atom is -0.387 e. The summed E-state index contributed by atoms with van der Waals surface area (Å²) in [6.07, 6.45) is 3.23. The van der Waals surface area contributed by atoms with Gasteiger partial charge in [0.15, 0.2) is 0 Å². The Morgan fingerprint density at radius 2 is 2.45 bits per heavy atom. The van der Waals surface area contributed by atoms with E-state index in [0.717, 1.165) is 18.5 Å². The molecule has 0 aliphatic carbocycles. The number of aliphatic hydroxyl groups is 1. The van der Waals surface area contributed by atoms with Crippen LogP contribution in [0.3, 0.4) is 0 Å². The second-order valence-electron chi connectivity index (χ2n) is 2.72. The van der Waals surface area contributed by atoms with Gasteiger partial charge in [0.2, 0.25) is 0 Å². The summed E-state index contributed by atoms with van der Waals surface area (Å²) in [5.74, 6) is 0. The highest BCUT2D eigenvalue weighted by Gasteiger charge is 2.07. The Hall–Kier alpha value is -0.830. The zero-order valence-electron chi connectivity index (χ0n) is 6.99. The van der Waals surface area contributed by atoms with Crippen LogP contribution in [0.5, 0.6) is 0 Å². The second kappa shape index (κ2) is 3.53. The van der Waals surface area contributed by atoms with E-state index in [9.17, 15) is 5.11 Å². The van der Waals surface area contributed by atoms with Crippen LogP contribution in [0.2, 0.25) is 0 Å². The first-order chi connectivity index (χ1) is 5.24. The van der Waals surface area contributed by atoms with Gasteiger partial charge >= 0.3 is 0 Å². The van der Waals surface area contributed by atoms with E-state index >= 15 is 0 Å². The highest BCUT2D eigenvalue weighted by Crippen LogP contribution is 2.14. The number of hydrogen-bond donors (Lipinski definition) is 1. The standard InChI is InChI=1S/C8H14N2O/c1-3-4-8(11)7-5-6-10(2)9-7/h5-6,8,11H,3-4H2,1-2H3/t8-/m0/s1. The van der Waals surface area contributed by atoms with Gasteiger partial charge in [-0.2, -0.15) is 5.10 Å². The number of aliphatic hydroxyl groups excluding tert-OH is 1. The van der Waals surface area contributed by atoms with Crippen LogP contribution in [0.1, 0.15) is 31.6 Å².